The van der Waals surface area contributed by atoms with E-state index in [0.29, 0.717) is 11.6 Å². The Bertz CT molecular complexity index is 504. The van der Waals surface area contributed by atoms with Crippen molar-refractivity contribution >= 4 is 5.91 Å². The predicted molar refractivity (Wildman–Crippen MR) is 80.9 cm³/mol. The summed E-state index contributed by atoms with van der Waals surface area (Å²) in [4.78, 5) is 25.2. The summed E-state index contributed by atoms with van der Waals surface area (Å²) in [7, 11) is 0. The highest BCUT2D eigenvalue weighted by molar-refractivity contribution is 5.92. The SMILES string of the molecule is CC(C)CN1CCCC12CCN(C(=O)c1cnccn1)C2. The van der Waals surface area contributed by atoms with Crippen molar-refractivity contribution < 1.29 is 4.79 Å². The van der Waals surface area contributed by atoms with Crippen molar-refractivity contribution in [3.05, 3.63) is 24.3 Å². The van der Waals surface area contributed by atoms with Gasteiger partial charge in [0.05, 0.1) is 6.20 Å². The third-order valence-electron chi connectivity index (χ3n) is 4.73. The van der Waals surface area contributed by atoms with Gasteiger partial charge < -0.3 is 4.90 Å². The molecule has 0 radical (unpaired) electrons. The minimum atomic E-state index is 0.0244. The van der Waals surface area contributed by atoms with E-state index >= 15 is 0 Å². The standard InChI is InChI=1S/C16H24N4O/c1-13(2)11-20-8-3-4-16(20)5-9-19(12-16)15(21)14-10-17-6-7-18-14/h6-7,10,13H,3-5,8-9,11-12H2,1-2H3. The lowest BCUT2D eigenvalue weighted by Gasteiger charge is -2.36. The van der Waals surface area contributed by atoms with Gasteiger partial charge in [0.15, 0.2) is 0 Å². The van der Waals surface area contributed by atoms with Crippen LogP contribution in [0.2, 0.25) is 0 Å². The molecule has 1 aromatic rings. The number of carbonyl (C=O) groups is 1. The van der Waals surface area contributed by atoms with Gasteiger partial charge in [0, 0.05) is 37.6 Å². The average Bonchev–Trinajstić information content (AvgIpc) is 3.07. The van der Waals surface area contributed by atoms with E-state index < -0.39 is 0 Å². The second kappa shape index (κ2) is 5.72. The summed E-state index contributed by atoms with van der Waals surface area (Å²) in [5, 5.41) is 0. The maximum atomic E-state index is 12.5. The number of nitrogens with zero attached hydrogens (tertiary/aromatic N) is 4. The van der Waals surface area contributed by atoms with Crippen LogP contribution in [0.25, 0.3) is 0 Å². The molecule has 2 aliphatic heterocycles. The van der Waals surface area contributed by atoms with Gasteiger partial charge in [-0.25, -0.2) is 4.98 Å². The van der Waals surface area contributed by atoms with Crippen molar-refractivity contribution in [2.75, 3.05) is 26.2 Å². The Morgan fingerprint density at radius 3 is 2.90 bits per heavy atom. The van der Waals surface area contributed by atoms with Crippen molar-refractivity contribution in [2.45, 2.75) is 38.6 Å². The molecule has 2 fully saturated rings. The first-order chi connectivity index (χ1) is 10.1. The lowest BCUT2D eigenvalue weighted by molar-refractivity contribution is 0.0732. The van der Waals surface area contributed by atoms with Gasteiger partial charge in [-0.2, -0.15) is 0 Å². The van der Waals surface area contributed by atoms with Crippen LogP contribution in [0.1, 0.15) is 43.6 Å². The molecule has 3 heterocycles. The topological polar surface area (TPSA) is 49.3 Å². The molecule has 0 saturated carbocycles. The highest BCUT2D eigenvalue weighted by atomic mass is 16.2. The molecule has 1 amide bonds. The Balaban J connectivity index is 1.71. The number of aromatic nitrogens is 2. The van der Waals surface area contributed by atoms with Crippen LogP contribution in [-0.2, 0) is 0 Å². The van der Waals surface area contributed by atoms with Gasteiger partial charge in [-0.05, 0) is 31.7 Å². The lowest BCUT2D eigenvalue weighted by Crippen LogP contribution is -2.48. The molecular weight excluding hydrogens is 264 g/mol. The highest BCUT2D eigenvalue weighted by Crippen LogP contribution is 2.38. The quantitative estimate of drug-likeness (QED) is 0.851. The molecule has 1 atom stereocenters. The van der Waals surface area contributed by atoms with Crippen LogP contribution in [-0.4, -0.2) is 57.4 Å². The predicted octanol–water partition coefficient (Wildman–Crippen LogP) is 1.81. The smallest absolute Gasteiger partial charge is 0.274 e. The molecular formula is C16H24N4O. The molecule has 114 valence electrons. The third kappa shape index (κ3) is 2.79. The summed E-state index contributed by atoms with van der Waals surface area (Å²) < 4.78 is 0. The van der Waals surface area contributed by atoms with E-state index in [9.17, 15) is 4.79 Å². The van der Waals surface area contributed by atoms with E-state index in [4.69, 9.17) is 0 Å². The second-order valence-electron chi connectivity index (χ2n) is 6.74. The van der Waals surface area contributed by atoms with Gasteiger partial charge in [0.2, 0.25) is 0 Å². The zero-order valence-electron chi connectivity index (χ0n) is 13.0. The van der Waals surface area contributed by atoms with Gasteiger partial charge >= 0.3 is 0 Å². The first kappa shape index (κ1) is 14.4. The molecule has 3 rings (SSSR count). The summed E-state index contributed by atoms with van der Waals surface area (Å²) in [5.41, 5.74) is 0.672. The molecule has 21 heavy (non-hydrogen) atoms. The second-order valence-corrected chi connectivity index (χ2v) is 6.74. The molecule has 2 saturated heterocycles. The van der Waals surface area contributed by atoms with Gasteiger partial charge in [-0.15, -0.1) is 0 Å². The zero-order valence-corrected chi connectivity index (χ0v) is 13.0. The normalized spacial score (nSPS) is 26.1. The van der Waals surface area contributed by atoms with Crippen LogP contribution in [0.4, 0.5) is 0 Å². The summed E-state index contributed by atoms with van der Waals surface area (Å²) >= 11 is 0. The molecule has 0 aliphatic carbocycles. The van der Waals surface area contributed by atoms with Crippen LogP contribution in [0.5, 0.6) is 0 Å². The number of carbonyl (C=O) groups excluding carboxylic acids is 1. The number of amides is 1. The average molecular weight is 288 g/mol. The summed E-state index contributed by atoms with van der Waals surface area (Å²) in [6, 6.07) is 0. The molecule has 1 spiro atoms. The first-order valence-corrected chi connectivity index (χ1v) is 7.91. The monoisotopic (exact) mass is 288 g/mol. The van der Waals surface area contributed by atoms with Crippen LogP contribution in [0.15, 0.2) is 18.6 Å². The molecule has 2 aliphatic rings. The van der Waals surface area contributed by atoms with Gasteiger partial charge in [0.1, 0.15) is 5.69 Å². The van der Waals surface area contributed by atoms with E-state index in [1.165, 1.54) is 19.4 Å². The van der Waals surface area contributed by atoms with E-state index in [-0.39, 0.29) is 11.4 Å². The fourth-order valence-electron chi connectivity index (χ4n) is 3.78. The van der Waals surface area contributed by atoms with Crippen LogP contribution < -0.4 is 0 Å². The fraction of sp³-hybridized carbons (Fsp3) is 0.688. The number of hydrogen-bond donors (Lipinski definition) is 0. The molecule has 1 unspecified atom stereocenters. The minimum absolute atomic E-state index is 0.0244. The number of hydrogen-bond acceptors (Lipinski definition) is 4. The molecule has 0 N–H and O–H groups in total. The zero-order chi connectivity index (χ0) is 14.9. The van der Waals surface area contributed by atoms with E-state index in [1.54, 1.807) is 18.6 Å². The Labute approximate surface area is 126 Å². The molecule has 5 heteroatoms. The molecule has 1 aromatic heterocycles. The minimum Gasteiger partial charge on any atom is -0.335 e. The highest BCUT2D eigenvalue weighted by Gasteiger charge is 2.47. The maximum Gasteiger partial charge on any atom is 0.274 e. The van der Waals surface area contributed by atoms with Crippen LogP contribution in [0.3, 0.4) is 0 Å². The van der Waals surface area contributed by atoms with E-state index in [0.717, 1.165) is 26.1 Å². The van der Waals surface area contributed by atoms with Gasteiger partial charge in [0.25, 0.3) is 5.91 Å². The maximum absolute atomic E-state index is 12.5. The van der Waals surface area contributed by atoms with E-state index in [1.807, 2.05) is 4.90 Å². The fourth-order valence-corrected chi connectivity index (χ4v) is 3.78. The lowest BCUT2D eigenvalue weighted by atomic mass is 9.94. The number of rotatable bonds is 3. The van der Waals surface area contributed by atoms with E-state index in [2.05, 4.69) is 28.7 Å². The summed E-state index contributed by atoms with van der Waals surface area (Å²) in [6.07, 6.45) is 8.30. The van der Waals surface area contributed by atoms with Crippen molar-refractivity contribution in [1.82, 2.24) is 19.8 Å². The Hall–Kier alpha value is -1.49. The van der Waals surface area contributed by atoms with Crippen molar-refractivity contribution in [2.24, 2.45) is 5.92 Å². The summed E-state index contributed by atoms with van der Waals surface area (Å²) in [5.74, 6) is 0.695. The van der Waals surface area contributed by atoms with Crippen molar-refractivity contribution in [3.8, 4) is 0 Å². The third-order valence-corrected chi connectivity index (χ3v) is 4.73. The molecule has 0 bridgehead atoms. The first-order valence-electron chi connectivity index (χ1n) is 7.91. The largest absolute Gasteiger partial charge is 0.335 e. The van der Waals surface area contributed by atoms with Gasteiger partial charge in [-0.1, -0.05) is 13.8 Å². The van der Waals surface area contributed by atoms with Gasteiger partial charge in [-0.3, -0.25) is 14.7 Å². The van der Waals surface area contributed by atoms with Crippen molar-refractivity contribution in [1.29, 1.82) is 0 Å². The molecule has 5 nitrogen and oxygen atoms in total. The van der Waals surface area contributed by atoms with Crippen molar-refractivity contribution in [3.63, 3.8) is 0 Å². The Morgan fingerprint density at radius 2 is 2.19 bits per heavy atom. The Kier molecular flexibility index (Phi) is 3.93. The molecule has 0 aromatic carbocycles. The number of likely N-dealkylation sites (tertiary alicyclic amines) is 2. The Morgan fingerprint density at radius 1 is 1.33 bits per heavy atom. The van der Waals surface area contributed by atoms with Crippen LogP contribution >= 0.6 is 0 Å². The van der Waals surface area contributed by atoms with Crippen LogP contribution in [0, 0.1) is 5.92 Å². The summed E-state index contributed by atoms with van der Waals surface area (Å²) in [6.45, 7) is 8.52.